The fourth-order valence-corrected chi connectivity index (χ4v) is 2.82. The van der Waals surface area contributed by atoms with Crippen LogP contribution in [0.5, 0.6) is 0 Å². The molecule has 5 heteroatoms. The smallest absolute Gasteiger partial charge is 0.214 e. The first-order valence-electron chi connectivity index (χ1n) is 7.23. The zero-order valence-corrected chi connectivity index (χ0v) is 12.1. The molecular weight excluding hydrogens is 267 g/mol. The molecule has 1 aliphatic heterocycles. The fourth-order valence-electron chi connectivity index (χ4n) is 2.82. The first kappa shape index (κ1) is 13.9. The first-order chi connectivity index (χ1) is 10.2. The second kappa shape index (κ2) is 6.18. The van der Waals surface area contributed by atoms with Gasteiger partial charge in [-0.2, -0.15) is 4.39 Å². The predicted molar refractivity (Wildman–Crippen MR) is 80.5 cm³/mol. The van der Waals surface area contributed by atoms with Gasteiger partial charge < -0.3 is 4.90 Å². The highest BCUT2D eigenvalue weighted by atomic mass is 19.1. The molecule has 2 aromatic rings. The van der Waals surface area contributed by atoms with Crippen LogP contribution in [0.2, 0.25) is 0 Å². The minimum Gasteiger partial charge on any atom is -0.351 e. The number of rotatable bonds is 3. The van der Waals surface area contributed by atoms with E-state index in [0.717, 1.165) is 32.0 Å². The van der Waals surface area contributed by atoms with E-state index in [-0.39, 0.29) is 0 Å². The lowest BCUT2D eigenvalue weighted by Crippen LogP contribution is -2.51. The van der Waals surface area contributed by atoms with Crippen molar-refractivity contribution < 1.29 is 4.39 Å². The van der Waals surface area contributed by atoms with Crippen LogP contribution in [-0.2, 0) is 6.54 Å². The largest absolute Gasteiger partial charge is 0.351 e. The standard InChI is InChI=1S/C16H19FN4/c1-13-11-20(12-14-4-3-7-18-10-14)8-9-21(13)16-6-2-5-15(17)19-16/h2-7,10,13H,8-9,11-12H2,1H3. The van der Waals surface area contributed by atoms with Gasteiger partial charge in [-0.05, 0) is 30.7 Å². The molecule has 0 saturated carbocycles. The highest BCUT2D eigenvalue weighted by Crippen LogP contribution is 2.19. The molecule has 4 nitrogen and oxygen atoms in total. The third-order valence-electron chi connectivity index (χ3n) is 3.84. The van der Waals surface area contributed by atoms with Crippen LogP contribution in [-0.4, -0.2) is 40.5 Å². The van der Waals surface area contributed by atoms with Crippen molar-refractivity contribution in [2.45, 2.75) is 19.5 Å². The topological polar surface area (TPSA) is 32.3 Å². The van der Waals surface area contributed by atoms with Gasteiger partial charge >= 0.3 is 0 Å². The summed E-state index contributed by atoms with van der Waals surface area (Å²) in [5, 5.41) is 0. The van der Waals surface area contributed by atoms with Gasteiger partial charge in [0.15, 0.2) is 0 Å². The van der Waals surface area contributed by atoms with Crippen molar-refractivity contribution >= 4 is 5.82 Å². The number of pyridine rings is 2. The maximum atomic E-state index is 13.3. The lowest BCUT2D eigenvalue weighted by Gasteiger charge is -2.40. The number of piperazine rings is 1. The quantitative estimate of drug-likeness (QED) is 0.811. The zero-order chi connectivity index (χ0) is 14.7. The number of aromatic nitrogens is 2. The third-order valence-corrected chi connectivity index (χ3v) is 3.84. The van der Waals surface area contributed by atoms with Crippen LogP contribution in [0, 0.1) is 5.95 Å². The fraction of sp³-hybridized carbons (Fsp3) is 0.375. The van der Waals surface area contributed by atoms with E-state index in [1.165, 1.54) is 11.6 Å². The second-order valence-electron chi connectivity index (χ2n) is 5.46. The van der Waals surface area contributed by atoms with Crippen LogP contribution < -0.4 is 4.90 Å². The number of hydrogen-bond donors (Lipinski definition) is 0. The highest BCUT2D eigenvalue weighted by molar-refractivity contribution is 5.40. The SMILES string of the molecule is CC1CN(Cc2cccnc2)CCN1c1cccc(F)n1. The molecule has 0 amide bonds. The Morgan fingerprint density at radius 3 is 2.86 bits per heavy atom. The van der Waals surface area contributed by atoms with Gasteiger partial charge in [0.25, 0.3) is 0 Å². The van der Waals surface area contributed by atoms with Crippen molar-refractivity contribution in [1.82, 2.24) is 14.9 Å². The van der Waals surface area contributed by atoms with Crippen LogP contribution in [0.25, 0.3) is 0 Å². The lowest BCUT2D eigenvalue weighted by molar-refractivity contribution is 0.220. The van der Waals surface area contributed by atoms with Crippen molar-refractivity contribution in [3.63, 3.8) is 0 Å². The summed E-state index contributed by atoms with van der Waals surface area (Å²) in [5.74, 6) is 0.306. The minimum absolute atomic E-state index is 0.310. The van der Waals surface area contributed by atoms with Crippen molar-refractivity contribution in [2.24, 2.45) is 0 Å². The van der Waals surface area contributed by atoms with Gasteiger partial charge in [-0.25, -0.2) is 4.98 Å². The Labute approximate surface area is 124 Å². The van der Waals surface area contributed by atoms with Gasteiger partial charge in [-0.1, -0.05) is 12.1 Å². The number of anilines is 1. The van der Waals surface area contributed by atoms with Gasteiger partial charge in [0, 0.05) is 44.6 Å². The summed E-state index contributed by atoms with van der Waals surface area (Å²) < 4.78 is 13.3. The highest BCUT2D eigenvalue weighted by Gasteiger charge is 2.24. The van der Waals surface area contributed by atoms with E-state index in [4.69, 9.17) is 0 Å². The molecule has 1 aliphatic rings. The van der Waals surface area contributed by atoms with Gasteiger partial charge in [-0.15, -0.1) is 0 Å². The van der Waals surface area contributed by atoms with Crippen molar-refractivity contribution in [2.75, 3.05) is 24.5 Å². The van der Waals surface area contributed by atoms with E-state index in [9.17, 15) is 4.39 Å². The molecule has 0 aliphatic carbocycles. The normalized spacial score (nSPS) is 19.7. The number of hydrogen-bond acceptors (Lipinski definition) is 4. The third kappa shape index (κ3) is 3.36. The van der Waals surface area contributed by atoms with Gasteiger partial charge in [-0.3, -0.25) is 9.88 Å². The summed E-state index contributed by atoms with van der Waals surface area (Å²) in [6.45, 7) is 5.80. The summed E-state index contributed by atoms with van der Waals surface area (Å²) in [6, 6.07) is 9.34. The Morgan fingerprint density at radius 1 is 1.24 bits per heavy atom. The van der Waals surface area contributed by atoms with E-state index in [2.05, 4.69) is 32.8 Å². The molecule has 1 unspecified atom stereocenters. The summed E-state index contributed by atoms with van der Waals surface area (Å²) in [6.07, 6.45) is 3.70. The van der Waals surface area contributed by atoms with Crippen LogP contribution in [0.1, 0.15) is 12.5 Å². The molecule has 0 bridgehead atoms. The molecule has 0 aromatic carbocycles. The Kier molecular flexibility index (Phi) is 4.10. The Morgan fingerprint density at radius 2 is 2.14 bits per heavy atom. The Bertz CT molecular complexity index is 590. The molecule has 110 valence electrons. The van der Waals surface area contributed by atoms with Crippen LogP contribution in [0.4, 0.5) is 10.2 Å². The molecule has 0 spiro atoms. The monoisotopic (exact) mass is 286 g/mol. The van der Waals surface area contributed by atoms with Crippen LogP contribution in [0.3, 0.4) is 0 Å². The molecular formula is C16H19FN4. The van der Waals surface area contributed by atoms with Gasteiger partial charge in [0.2, 0.25) is 5.95 Å². The molecule has 0 N–H and O–H groups in total. The van der Waals surface area contributed by atoms with Crippen LogP contribution in [0.15, 0.2) is 42.7 Å². The summed E-state index contributed by atoms with van der Waals surface area (Å²) in [5.41, 5.74) is 1.22. The second-order valence-corrected chi connectivity index (χ2v) is 5.46. The van der Waals surface area contributed by atoms with E-state index < -0.39 is 5.95 Å². The molecule has 3 heterocycles. The Balaban J connectivity index is 1.64. The molecule has 1 atom stereocenters. The maximum Gasteiger partial charge on any atom is 0.214 e. The number of halogens is 1. The summed E-state index contributed by atoms with van der Waals surface area (Å²) >= 11 is 0. The van der Waals surface area contributed by atoms with Crippen molar-refractivity contribution in [3.8, 4) is 0 Å². The maximum absolute atomic E-state index is 13.3. The molecule has 1 fully saturated rings. The lowest BCUT2D eigenvalue weighted by atomic mass is 10.1. The zero-order valence-electron chi connectivity index (χ0n) is 12.1. The molecule has 0 radical (unpaired) electrons. The minimum atomic E-state index is -0.419. The number of nitrogens with zero attached hydrogens (tertiary/aromatic N) is 4. The summed E-state index contributed by atoms with van der Waals surface area (Å²) in [4.78, 5) is 12.7. The van der Waals surface area contributed by atoms with E-state index in [1.807, 2.05) is 18.3 Å². The predicted octanol–water partition coefficient (Wildman–Crippen LogP) is 2.33. The average Bonchev–Trinajstić information content (AvgIpc) is 2.48. The Hall–Kier alpha value is -2.01. The van der Waals surface area contributed by atoms with E-state index in [0.29, 0.717) is 6.04 Å². The summed E-state index contributed by atoms with van der Waals surface area (Å²) in [7, 11) is 0. The molecule has 21 heavy (non-hydrogen) atoms. The molecule has 3 rings (SSSR count). The van der Waals surface area contributed by atoms with E-state index in [1.54, 1.807) is 12.3 Å². The van der Waals surface area contributed by atoms with Crippen molar-refractivity contribution in [1.29, 1.82) is 0 Å². The molecule has 1 saturated heterocycles. The van der Waals surface area contributed by atoms with Crippen molar-refractivity contribution in [3.05, 3.63) is 54.2 Å². The van der Waals surface area contributed by atoms with E-state index >= 15 is 0 Å². The first-order valence-corrected chi connectivity index (χ1v) is 7.23. The average molecular weight is 286 g/mol. The molecule has 2 aromatic heterocycles. The van der Waals surface area contributed by atoms with Crippen LogP contribution >= 0.6 is 0 Å². The van der Waals surface area contributed by atoms with Gasteiger partial charge in [0.1, 0.15) is 5.82 Å². The van der Waals surface area contributed by atoms with Gasteiger partial charge in [0.05, 0.1) is 0 Å².